The highest BCUT2D eigenvalue weighted by Crippen LogP contribution is 2.42. The van der Waals surface area contributed by atoms with Crippen LogP contribution in [0.5, 0.6) is 11.5 Å². The second-order valence-corrected chi connectivity index (χ2v) is 7.01. The number of hydrogen-bond donors (Lipinski definition) is 1. The molecule has 1 N–H and O–H groups in total. The Morgan fingerprint density at radius 2 is 1.96 bits per heavy atom. The van der Waals surface area contributed by atoms with E-state index >= 15 is 0 Å². The van der Waals surface area contributed by atoms with Gasteiger partial charge in [0.2, 0.25) is 0 Å². The summed E-state index contributed by atoms with van der Waals surface area (Å²) in [5, 5.41) is 1.69. The normalized spacial score (nSPS) is 16.2. The summed E-state index contributed by atoms with van der Waals surface area (Å²) >= 11 is 0. The van der Waals surface area contributed by atoms with E-state index in [0.717, 1.165) is 33.1 Å². The summed E-state index contributed by atoms with van der Waals surface area (Å²) in [6.07, 6.45) is 1.98. The lowest BCUT2D eigenvalue weighted by Crippen LogP contribution is -2.31. The summed E-state index contributed by atoms with van der Waals surface area (Å²) in [7, 11) is 3.36. The molecule has 2 aromatic carbocycles. The number of methoxy groups -OCH3 is 1. The highest BCUT2D eigenvalue weighted by molar-refractivity contribution is 5.93. The van der Waals surface area contributed by atoms with Crippen molar-refractivity contribution in [3.8, 4) is 11.5 Å². The van der Waals surface area contributed by atoms with Crippen LogP contribution in [0, 0.1) is 0 Å². The monoisotopic (exact) mass is 374 g/mol. The number of benzene rings is 2. The molecular weight excluding hydrogens is 356 g/mol. The molecule has 0 saturated heterocycles. The fourth-order valence-corrected chi connectivity index (χ4v) is 4.13. The van der Waals surface area contributed by atoms with Crippen LogP contribution in [0.4, 0.5) is 0 Å². The number of esters is 1. The highest BCUT2D eigenvalue weighted by atomic mass is 16.5. The van der Waals surface area contributed by atoms with Crippen molar-refractivity contribution in [2.45, 2.75) is 12.3 Å². The molecule has 2 aromatic heterocycles. The van der Waals surface area contributed by atoms with Crippen molar-refractivity contribution in [3.05, 3.63) is 70.1 Å². The fraction of sp³-hybridized carbons (Fsp3) is 0.182. The van der Waals surface area contributed by atoms with Gasteiger partial charge in [0.25, 0.3) is 5.56 Å². The molecule has 140 valence electrons. The van der Waals surface area contributed by atoms with Crippen LogP contribution in [0.3, 0.4) is 0 Å². The standard InChI is InChI=1S/C22H18N2O4/c1-24-18-6-4-3-5-13(18)21-20(22(24)26)15(10-19(25)28-21)16-11-23-17-8-7-12(27-2)9-14(16)17/h3-9,11,15,23H,10H2,1-2H3/t15-/m0/s1. The molecule has 0 spiro atoms. The Morgan fingerprint density at radius 1 is 1.14 bits per heavy atom. The van der Waals surface area contributed by atoms with E-state index in [1.165, 1.54) is 0 Å². The van der Waals surface area contributed by atoms with Gasteiger partial charge in [0.1, 0.15) is 11.5 Å². The maximum absolute atomic E-state index is 13.2. The minimum Gasteiger partial charge on any atom is -0.497 e. The van der Waals surface area contributed by atoms with E-state index in [-0.39, 0.29) is 23.9 Å². The topological polar surface area (TPSA) is 73.3 Å². The van der Waals surface area contributed by atoms with Gasteiger partial charge in [0, 0.05) is 35.5 Å². The van der Waals surface area contributed by atoms with Crippen molar-refractivity contribution >= 4 is 27.8 Å². The van der Waals surface area contributed by atoms with E-state index in [0.29, 0.717) is 11.3 Å². The lowest BCUT2D eigenvalue weighted by Gasteiger charge is -2.26. The van der Waals surface area contributed by atoms with Gasteiger partial charge in [0.15, 0.2) is 0 Å². The summed E-state index contributed by atoms with van der Waals surface area (Å²) in [6.45, 7) is 0. The number of ether oxygens (including phenoxy) is 2. The van der Waals surface area contributed by atoms with Gasteiger partial charge in [-0.25, -0.2) is 0 Å². The highest BCUT2D eigenvalue weighted by Gasteiger charge is 2.34. The molecule has 5 rings (SSSR count). The zero-order valence-electron chi connectivity index (χ0n) is 15.5. The lowest BCUT2D eigenvalue weighted by atomic mass is 9.86. The first-order valence-electron chi connectivity index (χ1n) is 9.06. The summed E-state index contributed by atoms with van der Waals surface area (Å²) < 4.78 is 12.6. The zero-order valence-corrected chi connectivity index (χ0v) is 15.5. The van der Waals surface area contributed by atoms with Gasteiger partial charge in [-0.15, -0.1) is 0 Å². The van der Waals surface area contributed by atoms with Gasteiger partial charge in [-0.2, -0.15) is 0 Å². The Bertz CT molecular complexity index is 1320. The number of aromatic nitrogens is 2. The van der Waals surface area contributed by atoms with Gasteiger partial charge in [-0.3, -0.25) is 9.59 Å². The Labute approximate surface area is 160 Å². The number of nitrogens with zero attached hydrogens (tertiary/aromatic N) is 1. The molecule has 0 fully saturated rings. The quantitative estimate of drug-likeness (QED) is 0.545. The Morgan fingerprint density at radius 3 is 2.79 bits per heavy atom. The van der Waals surface area contributed by atoms with Gasteiger partial charge in [0.05, 0.1) is 24.6 Å². The van der Waals surface area contributed by atoms with Crippen molar-refractivity contribution in [2.24, 2.45) is 7.05 Å². The Balaban J connectivity index is 1.83. The third-order valence-electron chi connectivity index (χ3n) is 5.52. The van der Waals surface area contributed by atoms with Gasteiger partial charge in [-0.05, 0) is 35.9 Å². The van der Waals surface area contributed by atoms with E-state index in [2.05, 4.69) is 4.98 Å². The predicted molar refractivity (Wildman–Crippen MR) is 106 cm³/mol. The van der Waals surface area contributed by atoms with Gasteiger partial charge < -0.3 is 19.0 Å². The third-order valence-corrected chi connectivity index (χ3v) is 5.52. The summed E-state index contributed by atoms with van der Waals surface area (Å²) in [6, 6.07) is 13.2. The number of fused-ring (bicyclic) bond motifs is 4. The first kappa shape index (κ1) is 16.6. The summed E-state index contributed by atoms with van der Waals surface area (Å²) in [5.74, 6) is 0.365. The molecule has 0 radical (unpaired) electrons. The molecule has 6 nitrogen and oxygen atoms in total. The van der Waals surface area contributed by atoms with Crippen molar-refractivity contribution in [2.75, 3.05) is 7.11 Å². The van der Waals surface area contributed by atoms with Crippen molar-refractivity contribution < 1.29 is 14.3 Å². The fourth-order valence-electron chi connectivity index (χ4n) is 4.13. The minimum absolute atomic E-state index is 0.116. The number of pyridine rings is 1. The minimum atomic E-state index is -0.389. The van der Waals surface area contributed by atoms with Crippen molar-refractivity contribution in [3.63, 3.8) is 0 Å². The second kappa shape index (κ2) is 5.99. The van der Waals surface area contributed by atoms with E-state index in [9.17, 15) is 9.59 Å². The summed E-state index contributed by atoms with van der Waals surface area (Å²) in [4.78, 5) is 28.9. The Hall–Kier alpha value is -3.54. The van der Waals surface area contributed by atoms with Crippen LogP contribution >= 0.6 is 0 Å². The van der Waals surface area contributed by atoms with Crippen LogP contribution in [0.15, 0.2) is 53.5 Å². The number of nitrogens with one attached hydrogen (secondary N) is 1. The third kappa shape index (κ3) is 2.27. The van der Waals surface area contributed by atoms with Crippen LogP contribution in [-0.4, -0.2) is 22.6 Å². The van der Waals surface area contributed by atoms with Gasteiger partial charge >= 0.3 is 5.97 Å². The number of aryl methyl sites for hydroxylation is 1. The Kier molecular flexibility index (Phi) is 3.55. The van der Waals surface area contributed by atoms with Crippen LogP contribution in [0.25, 0.3) is 21.8 Å². The molecule has 1 aliphatic rings. The van der Waals surface area contributed by atoms with E-state index in [1.807, 2.05) is 48.7 Å². The largest absolute Gasteiger partial charge is 0.497 e. The average Bonchev–Trinajstić information content (AvgIpc) is 3.14. The smallest absolute Gasteiger partial charge is 0.312 e. The molecule has 0 amide bonds. The van der Waals surface area contributed by atoms with Crippen molar-refractivity contribution in [1.82, 2.24) is 9.55 Å². The SMILES string of the molecule is COc1ccc2[nH]cc([C@@H]3CC(=O)Oc4c3c(=O)n(C)c3ccccc43)c2c1. The molecule has 0 unspecified atom stereocenters. The van der Waals surface area contributed by atoms with E-state index < -0.39 is 0 Å². The number of carbonyl (C=O) groups excluding carboxylic acids is 1. The first-order chi connectivity index (χ1) is 13.6. The second-order valence-electron chi connectivity index (χ2n) is 7.01. The predicted octanol–water partition coefficient (Wildman–Crippen LogP) is 3.47. The first-order valence-corrected chi connectivity index (χ1v) is 9.06. The van der Waals surface area contributed by atoms with E-state index in [1.54, 1.807) is 18.7 Å². The summed E-state index contributed by atoms with van der Waals surface area (Å²) in [5.41, 5.74) is 2.92. The molecule has 6 heteroatoms. The average molecular weight is 374 g/mol. The maximum atomic E-state index is 13.2. The molecule has 0 aliphatic carbocycles. The number of para-hydroxylation sites is 1. The molecule has 0 bridgehead atoms. The van der Waals surface area contributed by atoms with Crippen molar-refractivity contribution in [1.29, 1.82) is 0 Å². The molecule has 0 saturated carbocycles. The molecule has 1 aliphatic heterocycles. The zero-order chi connectivity index (χ0) is 19.4. The number of rotatable bonds is 2. The maximum Gasteiger partial charge on any atom is 0.312 e. The molecular formula is C22H18N2O4. The molecule has 28 heavy (non-hydrogen) atoms. The molecule has 3 heterocycles. The lowest BCUT2D eigenvalue weighted by molar-refractivity contribution is -0.135. The number of H-pyrrole nitrogens is 1. The van der Waals surface area contributed by atoms with Gasteiger partial charge in [-0.1, -0.05) is 12.1 Å². The van der Waals surface area contributed by atoms with Crippen LogP contribution in [0.2, 0.25) is 0 Å². The van der Waals surface area contributed by atoms with Crippen LogP contribution in [0.1, 0.15) is 23.5 Å². The number of carbonyl (C=O) groups is 1. The molecule has 4 aromatic rings. The van der Waals surface area contributed by atoms with E-state index in [4.69, 9.17) is 9.47 Å². The van der Waals surface area contributed by atoms with Crippen LogP contribution in [-0.2, 0) is 11.8 Å². The van der Waals surface area contributed by atoms with Crippen LogP contribution < -0.4 is 15.0 Å². The number of hydrogen-bond acceptors (Lipinski definition) is 4. The molecule has 1 atom stereocenters. The number of aromatic amines is 1.